The highest BCUT2D eigenvalue weighted by Gasteiger charge is 2.29. The molecular formula is C17H25BrN4O3. The third-order valence-electron chi connectivity index (χ3n) is 5.31. The standard InChI is InChI=1S/C17H25BrN4O3/c1-19-5-3-13(4-6-19)20-7-9-21(10-8-20)15-12-17(25-2)14(18)11-16(15)22(23)24/h11-13H,3-10H2,1-2H3. The number of likely N-dealkylation sites (tertiary alicyclic amines) is 1. The summed E-state index contributed by atoms with van der Waals surface area (Å²) in [5.41, 5.74) is 0.772. The average Bonchev–Trinajstić information content (AvgIpc) is 2.62. The second-order valence-corrected chi connectivity index (χ2v) is 7.64. The Morgan fingerprint density at radius 1 is 1.16 bits per heavy atom. The van der Waals surface area contributed by atoms with Crippen LogP contribution in [-0.4, -0.2) is 74.2 Å². The molecule has 2 saturated heterocycles. The lowest BCUT2D eigenvalue weighted by atomic mass is 10.0. The third-order valence-corrected chi connectivity index (χ3v) is 5.92. The van der Waals surface area contributed by atoms with Crippen molar-refractivity contribution in [2.24, 2.45) is 0 Å². The van der Waals surface area contributed by atoms with Crippen molar-refractivity contribution in [1.29, 1.82) is 0 Å². The van der Waals surface area contributed by atoms with Crippen molar-refractivity contribution in [3.8, 4) is 5.75 Å². The highest BCUT2D eigenvalue weighted by Crippen LogP contribution is 2.38. The van der Waals surface area contributed by atoms with Crippen LogP contribution < -0.4 is 9.64 Å². The lowest BCUT2D eigenvalue weighted by Gasteiger charge is -2.42. The van der Waals surface area contributed by atoms with Gasteiger partial charge in [-0.2, -0.15) is 0 Å². The quantitative estimate of drug-likeness (QED) is 0.559. The number of nitrogens with zero attached hydrogens (tertiary/aromatic N) is 4. The second kappa shape index (κ2) is 7.88. The van der Waals surface area contributed by atoms with Gasteiger partial charge in [0.25, 0.3) is 5.69 Å². The number of hydrogen-bond acceptors (Lipinski definition) is 6. The van der Waals surface area contributed by atoms with Gasteiger partial charge in [0.2, 0.25) is 0 Å². The maximum absolute atomic E-state index is 11.5. The molecule has 0 saturated carbocycles. The Labute approximate surface area is 156 Å². The Hall–Kier alpha value is -1.38. The number of methoxy groups -OCH3 is 1. The summed E-state index contributed by atoms with van der Waals surface area (Å²) in [6, 6.07) is 3.96. The van der Waals surface area contributed by atoms with Crippen molar-refractivity contribution in [3.05, 3.63) is 26.7 Å². The first-order chi connectivity index (χ1) is 12.0. The van der Waals surface area contributed by atoms with Crippen molar-refractivity contribution in [3.63, 3.8) is 0 Å². The highest BCUT2D eigenvalue weighted by atomic mass is 79.9. The summed E-state index contributed by atoms with van der Waals surface area (Å²) >= 11 is 3.34. The molecule has 0 aromatic heterocycles. The number of ether oxygens (including phenoxy) is 1. The summed E-state index contributed by atoms with van der Waals surface area (Å²) in [5, 5.41) is 11.5. The van der Waals surface area contributed by atoms with Crippen molar-refractivity contribution in [2.75, 3.05) is 58.3 Å². The topological polar surface area (TPSA) is 62.1 Å². The van der Waals surface area contributed by atoms with Crippen LogP contribution in [0.1, 0.15) is 12.8 Å². The van der Waals surface area contributed by atoms with E-state index in [0.29, 0.717) is 22.0 Å². The van der Waals surface area contributed by atoms with Crippen LogP contribution in [0.5, 0.6) is 5.75 Å². The summed E-state index contributed by atoms with van der Waals surface area (Å²) in [4.78, 5) is 18.2. The summed E-state index contributed by atoms with van der Waals surface area (Å²) in [6.07, 6.45) is 2.42. The molecule has 2 aliphatic heterocycles. The van der Waals surface area contributed by atoms with Gasteiger partial charge in [-0.1, -0.05) is 0 Å². The van der Waals surface area contributed by atoms with Gasteiger partial charge < -0.3 is 14.5 Å². The zero-order valence-corrected chi connectivity index (χ0v) is 16.4. The lowest BCUT2D eigenvalue weighted by Crippen LogP contribution is -2.53. The van der Waals surface area contributed by atoms with Gasteiger partial charge in [-0.25, -0.2) is 0 Å². The zero-order chi connectivity index (χ0) is 18.0. The molecule has 2 aliphatic rings. The van der Waals surface area contributed by atoms with E-state index in [1.54, 1.807) is 13.2 Å². The predicted octanol–water partition coefficient (Wildman–Crippen LogP) is 2.58. The minimum absolute atomic E-state index is 0.125. The first-order valence-electron chi connectivity index (χ1n) is 8.69. The van der Waals surface area contributed by atoms with Gasteiger partial charge >= 0.3 is 0 Å². The number of halogens is 1. The van der Waals surface area contributed by atoms with E-state index in [4.69, 9.17) is 4.74 Å². The monoisotopic (exact) mass is 412 g/mol. The molecule has 25 heavy (non-hydrogen) atoms. The molecule has 0 unspecified atom stereocenters. The molecule has 0 spiro atoms. The zero-order valence-electron chi connectivity index (χ0n) is 14.8. The Balaban J connectivity index is 1.71. The van der Waals surface area contributed by atoms with E-state index in [-0.39, 0.29) is 10.6 Å². The van der Waals surface area contributed by atoms with Crippen LogP contribution in [0, 0.1) is 10.1 Å². The van der Waals surface area contributed by atoms with Crippen LogP contribution in [-0.2, 0) is 0 Å². The summed E-state index contributed by atoms with van der Waals surface area (Å²) < 4.78 is 5.93. The van der Waals surface area contributed by atoms with Crippen LogP contribution in [0.15, 0.2) is 16.6 Å². The molecule has 0 aliphatic carbocycles. The second-order valence-electron chi connectivity index (χ2n) is 6.79. The molecule has 1 aromatic carbocycles. The third kappa shape index (κ3) is 4.07. The minimum atomic E-state index is -0.317. The number of hydrogen-bond donors (Lipinski definition) is 0. The summed E-state index contributed by atoms with van der Waals surface area (Å²) in [7, 11) is 3.75. The Morgan fingerprint density at radius 3 is 2.36 bits per heavy atom. The Morgan fingerprint density at radius 2 is 1.80 bits per heavy atom. The number of piperidine rings is 1. The average molecular weight is 413 g/mol. The number of benzene rings is 1. The maximum atomic E-state index is 11.5. The highest BCUT2D eigenvalue weighted by molar-refractivity contribution is 9.10. The van der Waals surface area contributed by atoms with Crippen molar-refractivity contribution in [1.82, 2.24) is 9.80 Å². The van der Waals surface area contributed by atoms with Gasteiger partial charge in [0, 0.05) is 44.4 Å². The molecule has 0 N–H and O–H groups in total. The first-order valence-corrected chi connectivity index (χ1v) is 9.48. The Kier molecular flexibility index (Phi) is 5.81. The minimum Gasteiger partial charge on any atom is -0.495 e. The number of nitro benzene ring substituents is 1. The first kappa shape index (κ1) is 18.4. The molecule has 2 heterocycles. The van der Waals surface area contributed by atoms with Gasteiger partial charge in [0.15, 0.2) is 0 Å². The van der Waals surface area contributed by atoms with Crippen molar-refractivity contribution < 1.29 is 9.66 Å². The van der Waals surface area contributed by atoms with Gasteiger partial charge in [0.05, 0.1) is 16.5 Å². The summed E-state index contributed by atoms with van der Waals surface area (Å²) in [5.74, 6) is 0.623. The molecule has 0 amide bonds. The molecule has 0 atom stereocenters. The van der Waals surface area contributed by atoms with Crippen molar-refractivity contribution in [2.45, 2.75) is 18.9 Å². The molecule has 8 heteroatoms. The van der Waals surface area contributed by atoms with E-state index in [2.05, 4.69) is 37.7 Å². The molecule has 7 nitrogen and oxygen atoms in total. The van der Waals surface area contributed by atoms with E-state index >= 15 is 0 Å². The fraction of sp³-hybridized carbons (Fsp3) is 0.647. The number of rotatable bonds is 4. The number of anilines is 1. The van der Waals surface area contributed by atoms with Gasteiger partial charge in [-0.05, 0) is 48.9 Å². The molecule has 3 rings (SSSR count). The lowest BCUT2D eigenvalue weighted by molar-refractivity contribution is -0.384. The Bertz CT molecular complexity index is 627. The van der Waals surface area contributed by atoms with E-state index in [0.717, 1.165) is 39.3 Å². The largest absolute Gasteiger partial charge is 0.495 e. The van der Waals surface area contributed by atoms with Gasteiger partial charge in [-0.3, -0.25) is 15.0 Å². The SMILES string of the molecule is COc1cc(N2CCN(C3CCN(C)CC3)CC2)c([N+](=O)[O-])cc1Br. The van der Waals surface area contributed by atoms with Crippen molar-refractivity contribution >= 4 is 27.3 Å². The van der Waals surface area contributed by atoms with E-state index < -0.39 is 0 Å². The van der Waals surface area contributed by atoms with Crippen LogP contribution in [0.4, 0.5) is 11.4 Å². The maximum Gasteiger partial charge on any atom is 0.293 e. The van der Waals surface area contributed by atoms with Crippen LogP contribution in [0.3, 0.4) is 0 Å². The molecular weight excluding hydrogens is 388 g/mol. The van der Waals surface area contributed by atoms with E-state index in [1.807, 2.05) is 0 Å². The molecule has 138 valence electrons. The van der Waals surface area contributed by atoms with Crippen LogP contribution in [0.2, 0.25) is 0 Å². The fourth-order valence-corrected chi connectivity index (χ4v) is 4.27. The predicted molar refractivity (Wildman–Crippen MR) is 102 cm³/mol. The van der Waals surface area contributed by atoms with Gasteiger partial charge in [0.1, 0.15) is 11.4 Å². The number of nitro groups is 1. The van der Waals surface area contributed by atoms with E-state index in [9.17, 15) is 10.1 Å². The van der Waals surface area contributed by atoms with E-state index in [1.165, 1.54) is 18.9 Å². The van der Waals surface area contributed by atoms with Crippen LogP contribution >= 0.6 is 15.9 Å². The molecule has 2 fully saturated rings. The molecule has 0 bridgehead atoms. The molecule has 0 radical (unpaired) electrons. The fourth-order valence-electron chi connectivity index (χ4n) is 3.78. The summed E-state index contributed by atoms with van der Waals surface area (Å²) in [6.45, 7) is 5.81. The smallest absolute Gasteiger partial charge is 0.293 e. The van der Waals surface area contributed by atoms with Gasteiger partial charge in [-0.15, -0.1) is 0 Å². The molecule has 1 aromatic rings. The normalized spacial score (nSPS) is 20.7. The number of piperazine rings is 1. The van der Waals surface area contributed by atoms with Crippen LogP contribution in [0.25, 0.3) is 0 Å².